The molecule has 2 N–H and O–H groups in total. The molecule has 1 unspecified atom stereocenters. The van der Waals surface area contributed by atoms with E-state index in [4.69, 9.17) is 5.11 Å². The number of aromatic nitrogens is 3. The number of anilines is 1. The fourth-order valence-corrected chi connectivity index (χ4v) is 7.26. The van der Waals surface area contributed by atoms with Crippen LogP contribution in [0.3, 0.4) is 0 Å². The highest BCUT2D eigenvalue weighted by Gasteiger charge is 2.56. The van der Waals surface area contributed by atoms with Gasteiger partial charge in [-0.25, -0.2) is 9.97 Å². The lowest BCUT2D eigenvalue weighted by Crippen LogP contribution is -2.60. The number of likely N-dealkylation sites (tertiary alicyclic amines) is 1. The van der Waals surface area contributed by atoms with Crippen LogP contribution in [0.15, 0.2) is 18.6 Å². The van der Waals surface area contributed by atoms with Gasteiger partial charge in [-0.3, -0.25) is 4.79 Å². The van der Waals surface area contributed by atoms with Gasteiger partial charge in [0.15, 0.2) is 0 Å². The van der Waals surface area contributed by atoms with E-state index in [2.05, 4.69) is 19.9 Å². The summed E-state index contributed by atoms with van der Waals surface area (Å²) in [6, 6.07) is 1.96. The Kier molecular flexibility index (Phi) is 6.25. The van der Waals surface area contributed by atoms with E-state index >= 15 is 0 Å². The summed E-state index contributed by atoms with van der Waals surface area (Å²) in [5.41, 5.74) is 0.387. The molecule has 5 rings (SSSR count). The molecule has 34 heavy (non-hydrogen) atoms. The second-order valence-electron chi connectivity index (χ2n) is 9.77. The fraction of sp³-hybridized carbons (Fsp3) is 0.682. The number of carbonyl (C=O) groups excluding carboxylic acids is 1. The molecule has 11 nitrogen and oxygen atoms in total. The molecule has 12 heteroatoms. The molecule has 0 radical (unpaired) electrons. The standard InChI is InChI=1S/C22H33N7O4S/c1-26(13-17-3-2-9-27(14-17)19(31)5-12-30)34(32,33)29-11-10-28(15-22(29)6-7-22)21-18-4-8-23-20(18)24-16-25-21/h4,8,16-17,30H,2-3,5-7,9-15H2,1H3,(H,23,24,25). The fourth-order valence-electron chi connectivity index (χ4n) is 5.49. The average Bonchev–Trinajstić information content (AvgIpc) is 3.39. The van der Waals surface area contributed by atoms with Gasteiger partial charge in [0.1, 0.15) is 17.8 Å². The van der Waals surface area contributed by atoms with Crippen LogP contribution < -0.4 is 4.90 Å². The summed E-state index contributed by atoms with van der Waals surface area (Å²) in [6.07, 6.45) is 6.93. The van der Waals surface area contributed by atoms with Crippen molar-refractivity contribution in [1.29, 1.82) is 0 Å². The Hall–Kier alpha value is -2.28. The van der Waals surface area contributed by atoms with Crippen LogP contribution in [-0.2, 0) is 15.0 Å². The summed E-state index contributed by atoms with van der Waals surface area (Å²) in [5.74, 6) is 0.875. The highest BCUT2D eigenvalue weighted by molar-refractivity contribution is 7.86. The van der Waals surface area contributed by atoms with E-state index < -0.39 is 15.7 Å². The van der Waals surface area contributed by atoms with Gasteiger partial charge in [0.05, 0.1) is 17.5 Å². The van der Waals surface area contributed by atoms with Gasteiger partial charge < -0.3 is 19.9 Å². The van der Waals surface area contributed by atoms with Crippen LogP contribution in [0.25, 0.3) is 11.0 Å². The Morgan fingerprint density at radius 1 is 1.29 bits per heavy atom. The van der Waals surface area contributed by atoms with Gasteiger partial charge in [0, 0.05) is 58.9 Å². The summed E-state index contributed by atoms with van der Waals surface area (Å²) < 4.78 is 30.4. The predicted octanol–water partition coefficient (Wildman–Crippen LogP) is 0.410. The van der Waals surface area contributed by atoms with Crippen molar-refractivity contribution in [3.8, 4) is 0 Å². The maximum atomic E-state index is 13.6. The molecule has 2 saturated heterocycles. The summed E-state index contributed by atoms with van der Waals surface area (Å²) in [4.78, 5) is 28.0. The van der Waals surface area contributed by atoms with Crippen molar-refractivity contribution in [2.24, 2.45) is 5.92 Å². The number of rotatable bonds is 7. The smallest absolute Gasteiger partial charge is 0.282 e. The van der Waals surface area contributed by atoms with Crippen molar-refractivity contribution in [3.63, 3.8) is 0 Å². The highest BCUT2D eigenvalue weighted by atomic mass is 32.2. The number of fused-ring (bicyclic) bond motifs is 1. The lowest BCUT2D eigenvalue weighted by Gasteiger charge is -2.43. The Balaban J connectivity index is 1.26. The lowest BCUT2D eigenvalue weighted by atomic mass is 9.98. The Labute approximate surface area is 199 Å². The summed E-state index contributed by atoms with van der Waals surface area (Å²) in [7, 11) is -1.98. The number of piperazine rings is 1. The molecule has 3 fully saturated rings. The van der Waals surface area contributed by atoms with Gasteiger partial charge in [-0.05, 0) is 37.7 Å². The normalized spacial score (nSPS) is 23.2. The molecule has 1 amide bonds. The third-order valence-corrected chi connectivity index (χ3v) is 9.50. The minimum atomic E-state index is -3.63. The molecule has 2 aliphatic heterocycles. The molecular formula is C22H33N7O4S. The molecule has 0 aromatic carbocycles. The Bertz CT molecular complexity index is 1150. The molecule has 1 aliphatic carbocycles. The van der Waals surface area contributed by atoms with Crippen LogP contribution in [0.4, 0.5) is 5.82 Å². The first-order chi connectivity index (χ1) is 16.3. The molecule has 1 saturated carbocycles. The topological polar surface area (TPSA) is 126 Å². The second kappa shape index (κ2) is 9.06. The number of hydrogen-bond donors (Lipinski definition) is 2. The SMILES string of the molecule is CN(CC1CCCN(C(=O)CCO)C1)S(=O)(=O)N1CCN(c2ncnc3[nH]ccc23)CC12CC2. The van der Waals surface area contributed by atoms with E-state index in [0.29, 0.717) is 39.3 Å². The zero-order chi connectivity index (χ0) is 23.9. The van der Waals surface area contributed by atoms with Crippen LogP contribution in [0.1, 0.15) is 32.1 Å². The monoisotopic (exact) mass is 491 g/mol. The third-order valence-electron chi connectivity index (χ3n) is 7.43. The van der Waals surface area contributed by atoms with Gasteiger partial charge in [-0.15, -0.1) is 0 Å². The number of aliphatic hydroxyl groups excluding tert-OH is 1. The quantitative estimate of drug-likeness (QED) is 0.575. The molecule has 4 heterocycles. The van der Waals surface area contributed by atoms with Crippen LogP contribution in [0, 0.1) is 5.92 Å². The Morgan fingerprint density at radius 2 is 2.12 bits per heavy atom. The van der Waals surface area contributed by atoms with Crippen molar-refractivity contribution in [3.05, 3.63) is 18.6 Å². The largest absolute Gasteiger partial charge is 0.396 e. The number of amides is 1. The van der Waals surface area contributed by atoms with Crippen molar-refractivity contribution < 1.29 is 18.3 Å². The summed E-state index contributed by atoms with van der Waals surface area (Å²) >= 11 is 0. The van der Waals surface area contributed by atoms with E-state index in [-0.39, 0.29) is 24.9 Å². The molecule has 3 aliphatic rings. The van der Waals surface area contributed by atoms with Gasteiger partial charge >= 0.3 is 0 Å². The van der Waals surface area contributed by atoms with E-state index in [0.717, 1.165) is 42.5 Å². The van der Waals surface area contributed by atoms with Crippen LogP contribution >= 0.6 is 0 Å². The van der Waals surface area contributed by atoms with Crippen molar-refractivity contribution in [2.75, 3.05) is 57.8 Å². The van der Waals surface area contributed by atoms with Gasteiger partial charge in [-0.2, -0.15) is 17.0 Å². The zero-order valence-electron chi connectivity index (χ0n) is 19.6. The van der Waals surface area contributed by atoms with Crippen molar-refractivity contribution >= 4 is 33.0 Å². The number of aromatic amines is 1. The number of nitrogens with one attached hydrogen (secondary N) is 1. The molecule has 1 atom stereocenters. The molecule has 0 bridgehead atoms. The van der Waals surface area contributed by atoms with Gasteiger partial charge in [0.25, 0.3) is 10.2 Å². The van der Waals surface area contributed by atoms with Gasteiger partial charge in [0.2, 0.25) is 5.91 Å². The summed E-state index contributed by atoms with van der Waals surface area (Å²) in [5, 5.41) is 10.0. The molecular weight excluding hydrogens is 458 g/mol. The van der Waals surface area contributed by atoms with Crippen LogP contribution in [-0.4, -0.2) is 106 Å². The Morgan fingerprint density at radius 3 is 2.88 bits per heavy atom. The maximum absolute atomic E-state index is 13.6. The first-order valence-electron chi connectivity index (χ1n) is 12.0. The van der Waals surface area contributed by atoms with Crippen LogP contribution in [0.5, 0.6) is 0 Å². The lowest BCUT2D eigenvalue weighted by molar-refractivity contribution is -0.133. The maximum Gasteiger partial charge on any atom is 0.282 e. The molecule has 186 valence electrons. The minimum Gasteiger partial charge on any atom is -0.396 e. The number of carbonyl (C=O) groups is 1. The van der Waals surface area contributed by atoms with E-state index in [1.54, 1.807) is 22.6 Å². The predicted molar refractivity (Wildman–Crippen MR) is 127 cm³/mol. The molecule has 2 aromatic rings. The minimum absolute atomic E-state index is 0.0629. The second-order valence-corrected chi connectivity index (χ2v) is 11.7. The summed E-state index contributed by atoms with van der Waals surface area (Å²) in [6.45, 7) is 3.04. The van der Waals surface area contributed by atoms with Crippen molar-refractivity contribution in [2.45, 2.75) is 37.6 Å². The van der Waals surface area contributed by atoms with E-state index in [1.165, 1.54) is 4.31 Å². The number of nitrogens with zero attached hydrogens (tertiary/aromatic N) is 6. The molecule has 2 aromatic heterocycles. The van der Waals surface area contributed by atoms with E-state index in [9.17, 15) is 13.2 Å². The van der Waals surface area contributed by atoms with Crippen LogP contribution in [0.2, 0.25) is 0 Å². The number of hydrogen-bond acceptors (Lipinski definition) is 7. The van der Waals surface area contributed by atoms with Gasteiger partial charge in [-0.1, -0.05) is 0 Å². The van der Waals surface area contributed by atoms with Crippen molar-refractivity contribution in [1.82, 2.24) is 28.5 Å². The molecule has 1 spiro atoms. The third kappa shape index (κ3) is 4.28. The average molecular weight is 492 g/mol. The first kappa shape index (κ1) is 23.5. The zero-order valence-corrected chi connectivity index (χ0v) is 20.4. The van der Waals surface area contributed by atoms with E-state index in [1.807, 2.05) is 12.3 Å². The number of aliphatic hydroxyl groups is 1. The number of piperidine rings is 1. The number of H-pyrrole nitrogens is 1. The highest BCUT2D eigenvalue weighted by Crippen LogP contribution is 2.47. The first-order valence-corrected chi connectivity index (χ1v) is 13.4.